The maximum atomic E-state index is 13.9. The molecule has 3 heterocycles. The van der Waals surface area contributed by atoms with Crippen LogP contribution in [0.2, 0.25) is 0 Å². The van der Waals surface area contributed by atoms with Gasteiger partial charge in [-0.2, -0.15) is 10.5 Å². The zero-order valence-corrected chi connectivity index (χ0v) is 16.8. The highest BCUT2D eigenvalue weighted by atomic mass is 32.1. The molecule has 2 aliphatic rings. The minimum atomic E-state index is -1.37. The van der Waals surface area contributed by atoms with Crippen LogP contribution in [0.4, 0.5) is 5.69 Å². The summed E-state index contributed by atoms with van der Waals surface area (Å²) in [7, 11) is 0. The molecule has 0 aliphatic carbocycles. The van der Waals surface area contributed by atoms with Crippen LogP contribution in [0.3, 0.4) is 0 Å². The monoisotopic (exact) mass is 407 g/mol. The number of Topliss-reactive ketones (excluding diaryl/α,β-unsaturated/α-hetero) is 1. The molecule has 5 heteroatoms. The van der Waals surface area contributed by atoms with Gasteiger partial charge in [0, 0.05) is 16.1 Å². The van der Waals surface area contributed by atoms with Gasteiger partial charge >= 0.3 is 0 Å². The Balaban J connectivity index is 1.78. The van der Waals surface area contributed by atoms with E-state index in [1.807, 2.05) is 77.0 Å². The molecule has 2 aliphatic heterocycles. The van der Waals surface area contributed by atoms with Crippen LogP contribution >= 0.6 is 11.3 Å². The van der Waals surface area contributed by atoms with Crippen molar-refractivity contribution in [3.05, 3.63) is 94.2 Å². The van der Waals surface area contributed by atoms with Crippen LogP contribution in [-0.4, -0.2) is 17.9 Å². The van der Waals surface area contributed by atoms with E-state index >= 15 is 0 Å². The molecule has 1 aromatic heterocycles. The Morgan fingerprint density at radius 2 is 1.70 bits per heavy atom. The Hall–Kier alpha value is -3.67. The van der Waals surface area contributed by atoms with E-state index in [0.29, 0.717) is 5.56 Å². The Bertz CT molecular complexity index is 1200. The van der Waals surface area contributed by atoms with Gasteiger partial charge in [-0.25, -0.2) is 0 Å². The van der Waals surface area contributed by atoms with Gasteiger partial charge in [0.25, 0.3) is 0 Å². The third kappa shape index (κ3) is 2.46. The number of anilines is 1. The fourth-order valence-corrected chi connectivity index (χ4v) is 5.72. The van der Waals surface area contributed by atoms with E-state index < -0.39 is 23.4 Å². The van der Waals surface area contributed by atoms with E-state index in [0.717, 1.165) is 16.1 Å². The van der Waals surface area contributed by atoms with Gasteiger partial charge in [0.15, 0.2) is 11.2 Å². The van der Waals surface area contributed by atoms with Gasteiger partial charge in [-0.1, -0.05) is 66.7 Å². The standard InChI is InChI=1S/C25H17N3OS/c26-15-25(16-27)21-13-12-17-7-4-5-10-19(17)28(21)23(22(25)20-11-6-14-30-20)24(29)18-8-2-1-3-9-18/h1-14,21-23H/t21-,22+,23-/m0/s1. The minimum absolute atomic E-state index is 0.0727. The number of rotatable bonds is 3. The number of para-hydroxylation sites is 1. The smallest absolute Gasteiger partial charge is 0.185 e. The quantitative estimate of drug-likeness (QED) is 0.571. The van der Waals surface area contributed by atoms with E-state index in [4.69, 9.17) is 0 Å². The number of thiophene rings is 1. The average molecular weight is 407 g/mol. The van der Waals surface area contributed by atoms with Crippen LogP contribution in [0.1, 0.15) is 26.7 Å². The number of carbonyl (C=O) groups excluding carboxylic acids is 1. The second-order valence-corrected chi connectivity index (χ2v) is 8.51. The summed E-state index contributed by atoms with van der Waals surface area (Å²) in [6, 6.07) is 24.3. The van der Waals surface area contributed by atoms with E-state index in [1.54, 1.807) is 12.1 Å². The molecule has 3 atom stereocenters. The third-order valence-corrected chi connectivity index (χ3v) is 7.05. The third-order valence-electron chi connectivity index (χ3n) is 6.09. The molecular weight excluding hydrogens is 390 g/mol. The summed E-state index contributed by atoms with van der Waals surface area (Å²) >= 11 is 1.49. The molecule has 30 heavy (non-hydrogen) atoms. The molecule has 0 saturated carbocycles. The van der Waals surface area contributed by atoms with Crippen LogP contribution in [0, 0.1) is 28.1 Å². The van der Waals surface area contributed by atoms with Crippen molar-refractivity contribution in [2.45, 2.75) is 18.0 Å². The van der Waals surface area contributed by atoms with Gasteiger partial charge in [-0.05, 0) is 23.1 Å². The molecule has 5 rings (SSSR count). The Morgan fingerprint density at radius 3 is 2.40 bits per heavy atom. The number of nitrogens with zero attached hydrogens (tertiary/aromatic N) is 3. The van der Waals surface area contributed by atoms with Gasteiger partial charge in [-0.3, -0.25) is 4.79 Å². The largest absolute Gasteiger partial charge is 0.351 e. The van der Waals surface area contributed by atoms with Crippen molar-refractivity contribution in [3.8, 4) is 12.1 Å². The van der Waals surface area contributed by atoms with E-state index in [2.05, 4.69) is 12.1 Å². The molecule has 3 aromatic rings. The number of hydrogen-bond donors (Lipinski definition) is 0. The van der Waals surface area contributed by atoms with Gasteiger partial charge in [0.1, 0.15) is 6.04 Å². The molecule has 1 fully saturated rings. The summed E-state index contributed by atoms with van der Waals surface area (Å²) in [6.07, 6.45) is 3.87. The molecule has 0 bridgehead atoms. The van der Waals surface area contributed by atoms with Crippen LogP contribution in [0.15, 0.2) is 78.2 Å². The molecular formula is C25H17N3OS. The summed E-state index contributed by atoms with van der Waals surface area (Å²) < 4.78 is 0. The predicted octanol–water partition coefficient (Wildman–Crippen LogP) is 5.03. The zero-order valence-electron chi connectivity index (χ0n) is 16.0. The lowest BCUT2D eigenvalue weighted by atomic mass is 9.71. The van der Waals surface area contributed by atoms with Crippen molar-refractivity contribution in [3.63, 3.8) is 0 Å². The van der Waals surface area contributed by atoms with Gasteiger partial charge in [0.2, 0.25) is 0 Å². The molecule has 0 N–H and O–H groups in total. The van der Waals surface area contributed by atoms with E-state index in [1.165, 1.54) is 11.3 Å². The summed E-state index contributed by atoms with van der Waals surface area (Å²) in [6.45, 7) is 0. The van der Waals surface area contributed by atoms with E-state index in [-0.39, 0.29) is 5.78 Å². The van der Waals surface area contributed by atoms with E-state index in [9.17, 15) is 15.3 Å². The molecule has 0 radical (unpaired) electrons. The van der Waals surface area contributed by atoms with Crippen LogP contribution in [-0.2, 0) is 0 Å². The number of fused-ring (bicyclic) bond motifs is 3. The van der Waals surface area contributed by atoms with Crippen molar-refractivity contribution < 1.29 is 4.79 Å². The zero-order chi connectivity index (χ0) is 20.7. The minimum Gasteiger partial charge on any atom is -0.351 e. The van der Waals surface area contributed by atoms with Gasteiger partial charge < -0.3 is 4.90 Å². The van der Waals surface area contributed by atoms with Gasteiger partial charge in [-0.15, -0.1) is 11.3 Å². The lowest BCUT2D eigenvalue weighted by Crippen LogP contribution is -2.44. The average Bonchev–Trinajstić information content (AvgIpc) is 3.43. The number of nitriles is 2. The Kier molecular flexibility index (Phi) is 4.28. The normalized spacial score (nSPS) is 23.1. The van der Waals surface area contributed by atoms with Crippen molar-refractivity contribution in [1.29, 1.82) is 10.5 Å². The van der Waals surface area contributed by atoms with Crippen molar-refractivity contribution in [2.24, 2.45) is 5.41 Å². The lowest BCUT2D eigenvalue weighted by Gasteiger charge is -2.35. The summed E-state index contributed by atoms with van der Waals surface area (Å²) in [5.74, 6) is -0.627. The maximum absolute atomic E-state index is 13.9. The molecule has 0 amide bonds. The first kappa shape index (κ1) is 18.4. The second kappa shape index (κ2) is 6.99. The number of ketones is 1. The second-order valence-electron chi connectivity index (χ2n) is 7.53. The fraction of sp³-hybridized carbons (Fsp3) is 0.160. The van der Waals surface area contributed by atoms with Crippen LogP contribution in [0.5, 0.6) is 0 Å². The number of hydrogen-bond acceptors (Lipinski definition) is 5. The summed E-state index contributed by atoms with van der Waals surface area (Å²) in [5.41, 5.74) is 1.08. The molecule has 0 unspecified atom stereocenters. The van der Waals surface area contributed by atoms with Gasteiger partial charge in [0.05, 0.1) is 24.1 Å². The van der Waals surface area contributed by atoms with Crippen LogP contribution < -0.4 is 4.90 Å². The maximum Gasteiger partial charge on any atom is 0.185 e. The lowest BCUT2D eigenvalue weighted by molar-refractivity contribution is 0.0951. The van der Waals surface area contributed by atoms with Crippen molar-refractivity contribution in [1.82, 2.24) is 0 Å². The summed E-state index contributed by atoms with van der Waals surface area (Å²) in [4.78, 5) is 16.7. The first-order chi connectivity index (χ1) is 14.7. The molecule has 4 nitrogen and oxygen atoms in total. The first-order valence-electron chi connectivity index (χ1n) is 9.72. The Morgan fingerprint density at radius 1 is 0.967 bits per heavy atom. The number of carbonyl (C=O) groups is 1. The molecule has 1 saturated heterocycles. The molecule has 0 spiro atoms. The predicted molar refractivity (Wildman–Crippen MR) is 117 cm³/mol. The van der Waals surface area contributed by atoms with Crippen LogP contribution in [0.25, 0.3) is 6.08 Å². The topological polar surface area (TPSA) is 67.9 Å². The summed E-state index contributed by atoms with van der Waals surface area (Å²) in [5, 5.41) is 22.5. The fourth-order valence-electron chi connectivity index (χ4n) is 4.78. The van der Waals surface area contributed by atoms with Crippen molar-refractivity contribution in [2.75, 3.05) is 4.90 Å². The molecule has 144 valence electrons. The van der Waals surface area contributed by atoms with Crippen molar-refractivity contribution >= 4 is 28.9 Å². The first-order valence-corrected chi connectivity index (χ1v) is 10.6. The molecule has 2 aromatic carbocycles. The number of benzene rings is 2. The highest BCUT2D eigenvalue weighted by molar-refractivity contribution is 7.10. The highest BCUT2D eigenvalue weighted by Crippen LogP contribution is 2.56. The highest BCUT2D eigenvalue weighted by Gasteiger charge is 2.63. The SMILES string of the molecule is N#CC1(C#N)[C@H](c2cccs2)[C@@H](C(=O)c2ccccc2)N2c3ccccc3C=C[C@H]21. The Labute approximate surface area is 178 Å².